The normalized spacial score (nSPS) is 10.8. The number of benzene rings is 1. The zero-order valence-corrected chi connectivity index (χ0v) is 14.7. The Kier molecular flexibility index (Phi) is 6.06. The number of nitrogens with zero attached hydrogens (tertiary/aromatic N) is 2. The summed E-state index contributed by atoms with van der Waals surface area (Å²) in [5.41, 5.74) is 0.935. The zero-order chi connectivity index (χ0) is 16.1. The number of thiazole rings is 1. The van der Waals surface area contributed by atoms with Crippen LogP contribution in [0.5, 0.6) is 0 Å². The molecule has 0 aliphatic carbocycles. The number of hydrogen-bond donors (Lipinski definition) is 1. The molecule has 0 aliphatic rings. The third-order valence-electron chi connectivity index (χ3n) is 2.88. The Morgan fingerprint density at radius 1 is 1.36 bits per heavy atom. The van der Waals surface area contributed by atoms with Crippen LogP contribution in [0.25, 0.3) is 0 Å². The summed E-state index contributed by atoms with van der Waals surface area (Å²) >= 11 is 13.4. The van der Waals surface area contributed by atoms with Gasteiger partial charge in [-0.25, -0.2) is 9.78 Å². The van der Waals surface area contributed by atoms with E-state index in [9.17, 15) is 4.79 Å². The Morgan fingerprint density at radius 3 is 2.73 bits per heavy atom. The number of hydrogen-bond acceptors (Lipinski definition) is 3. The van der Waals surface area contributed by atoms with E-state index in [0.29, 0.717) is 34.2 Å². The molecule has 4 nitrogen and oxygen atoms in total. The lowest BCUT2D eigenvalue weighted by Gasteiger charge is -2.24. The maximum absolute atomic E-state index is 12.4. The minimum absolute atomic E-state index is 0.172. The molecule has 7 heteroatoms. The number of halogens is 2. The molecule has 1 aromatic carbocycles. The highest BCUT2D eigenvalue weighted by molar-refractivity contribution is 7.13. The van der Waals surface area contributed by atoms with E-state index in [0.717, 1.165) is 5.56 Å². The summed E-state index contributed by atoms with van der Waals surface area (Å²) in [5.74, 6) is 0.352. The van der Waals surface area contributed by atoms with Crippen molar-refractivity contribution in [3.05, 3.63) is 45.4 Å². The maximum Gasteiger partial charge on any atom is 0.323 e. The molecule has 22 heavy (non-hydrogen) atoms. The number of nitrogens with one attached hydrogen (secondary N) is 1. The number of rotatable bonds is 5. The van der Waals surface area contributed by atoms with Gasteiger partial charge < -0.3 is 4.90 Å². The van der Waals surface area contributed by atoms with Gasteiger partial charge in [0.2, 0.25) is 0 Å². The van der Waals surface area contributed by atoms with E-state index >= 15 is 0 Å². The van der Waals surface area contributed by atoms with Gasteiger partial charge in [0.05, 0.1) is 10.0 Å². The fourth-order valence-electron chi connectivity index (χ4n) is 1.97. The lowest BCUT2D eigenvalue weighted by molar-refractivity contribution is 0.201. The fraction of sp³-hybridized carbons (Fsp3) is 0.333. The molecule has 2 amide bonds. The van der Waals surface area contributed by atoms with Crippen molar-refractivity contribution in [1.29, 1.82) is 0 Å². The summed E-state index contributed by atoms with van der Waals surface area (Å²) in [4.78, 5) is 18.2. The van der Waals surface area contributed by atoms with Crippen LogP contribution in [0.3, 0.4) is 0 Å². The molecule has 1 N–H and O–H groups in total. The SMILES string of the molecule is CC(C)CN(Cc1ccc(Cl)c(Cl)c1)C(=O)Nc1nccs1. The molecule has 118 valence electrons. The van der Waals surface area contributed by atoms with Crippen molar-refractivity contribution < 1.29 is 4.79 Å². The average molecular weight is 358 g/mol. The maximum atomic E-state index is 12.4. The third kappa shape index (κ3) is 4.87. The number of carbonyl (C=O) groups excluding carboxylic acids is 1. The Hall–Kier alpha value is -1.30. The number of carbonyl (C=O) groups is 1. The summed E-state index contributed by atoms with van der Waals surface area (Å²) in [6.45, 7) is 5.24. The first-order chi connectivity index (χ1) is 10.5. The minimum Gasteiger partial charge on any atom is -0.320 e. The van der Waals surface area contributed by atoms with E-state index in [1.54, 1.807) is 23.2 Å². The average Bonchev–Trinajstić information content (AvgIpc) is 2.94. The molecular weight excluding hydrogens is 341 g/mol. The van der Waals surface area contributed by atoms with Crippen molar-refractivity contribution in [3.8, 4) is 0 Å². The van der Waals surface area contributed by atoms with Gasteiger partial charge in [-0.2, -0.15) is 0 Å². The van der Waals surface area contributed by atoms with E-state index in [-0.39, 0.29) is 6.03 Å². The second-order valence-corrected chi connectivity index (χ2v) is 7.00. The van der Waals surface area contributed by atoms with E-state index < -0.39 is 0 Å². The van der Waals surface area contributed by atoms with Crippen LogP contribution in [0.2, 0.25) is 10.0 Å². The molecule has 0 bridgehead atoms. The van der Waals surface area contributed by atoms with Crippen molar-refractivity contribution in [2.24, 2.45) is 5.92 Å². The quantitative estimate of drug-likeness (QED) is 0.804. The van der Waals surface area contributed by atoms with Gasteiger partial charge in [-0.15, -0.1) is 11.3 Å². The fourth-order valence-corrected chi connectivity index (χ4v) is 2.81. The van der Waals surface area contributed by atoms with Gasteiger partial charge in [-0.1, -0.05) is 43.1 Å². The highest BCUT2D eigenvalue weighted by atomic mass is 35.5. The molecular formula is C15H17Cl2N3OS. The van der Waals surface area contributed by atoms with Crippen LogP contribution in [0, 0.1) is 5.92 Å². The van der Waals surface area contributed by atoms with E-state index in [2.05, 4.69) is 24.1 Å². The van der Waals surface area contributed by atoms with Crippen LogP contribution in [-0.2, 0) is 6.54 Å². The molecule has 0 aliphatic heterocycles. The Morgan fingerprint density at radius 2 is 2.14 bits per heavy atom. The number of aromatic nitrogens is 1. The Labute approximate surface area is 144 Å². The van der Waals surface area contributed by atoms with Crippen LogP contribution in [0.4, 0.5) is 9.93 Å². The molecule has 0 fully saturated rings. The Balaban J connectivity index is 2.11. The van der Waals surface area contributed by atoms with E-state index in [1.165, 1.54) is 11.3 Å². The topological polar surface area (TPSA) is 45.2 Å². The molecule has 0 spiro atoms. The van der Waals surface area contributed by atoms with Crippen molar-refractivity contribution in [2.45, 2.75) is 20.4 Å². The number of amides is 2. The number of anilines is 1. The standard InChI is InChI=1S/C15H17Cl2N3OS/c1-10(2)8-20(15(21)19-14-18-5-6-22-14)9-11-3-4-12(16)13(17)7-11/h3-7,10H,8-9H2,1-2H3,(H,18,19,21). The van der Waals surface area contributed by atoms with Gasteiger partial charge in [0.15, 0.2) is 5.13 Å². The Bertz CT molecular complexity index is 632. The highest BCUT2D eigenvalue weighted by Gasteiger charge is 2.17. The second kappa shape index (κ2) is 7.81. The van der Waals surface area contributed by atoms with Crippen LogP contribution >= 0.6 is 34.5 Å². The van der Waals surface area contributed by atoms with Gasteiger partial charge in [-0.3, -0.25) is 5.32 Å². The molecule has 0 radical (unpaired) electrons. The van der Waals surface area contributed by atoms with Crippen molar-refractivity contribution in [1.82, 2.24) is 9.88 Å². The first-order valence-electron chi connectivity index (χ1n) is 6.85. The highest BCUT2D eigenvalue weighted by Crippen LogP contribution is 2.23. The smallest absolute Gasteiger partial charge is 0.320 e. The first-order valence-corrected chi connectivity index (χ1v) is 8.48. The van der Waals surface area contributed by atoms with Gasteiger partial charge in [0, 0.05) is 24.7 Å². The predicted molar refractivity (Wildman–Crippen MR) is 92.8 cm³/mol. The minimum atomic E-state index is -0.172. The van der Waals surface area contributed by atoms with Gasteiger partial charge in [-0.05, 0) is 23.6 Å². The molecule has 2 aromatic rings. The van der Waals surface area contributed by atoms with Gasteiger partial charge >= 0.3 is 6.03 Å². The number of urea groups is 1. The van der Waals surface area contributed by atoms with Gasteiger partial charge in [0.25, 0.3) is 0 Å². The molecule has 0 saturated heterocycles. The van der Waals surface area contributed by atoms with Crippen molar-refractivity contribution in [2.75, 3.05) is 11.9 Å². The van der Waals surface area contributed by atoms with Gasteiger partial charge in [0.1, 0.15) is 0 Å². The molecule has 0 atom stereocenters. The molecule has 1 heterocycles. The summed E-state index contributed by atoms with van der Waals surface area (Å²) in [5, 5.41) is 6.22. The molecule has 0 saturated carbocycles. The third-order valence-corrected chi connectivity index (χ3v) is 4.30. The largest absolute Gasteiger partial charge is 0.323 e. The summed E-state index contributed by atoms with van der Waals surface area (Å²) in [6, 6.07) is 5.23. The first kappa shape index (κ1) is 17.1. The molecule has 1 aromatic heterocycles. The predicted octanol–water partition coefficient (Wildman–Crippen LogP) is 5.14. The van der Waals surface area contributed by atoms with Crippen LogP contribution in [0.1, 0.15) is 19.4 Å². The summed E-state index contributed by atoms with van der Waals surface area (Å²) < 4.78 is 0. The van der Waals surface area contributed by atoms with Crippen LogP contribution in [-0.4, -0.2) is 22.5 Å². The second-order valence-electron chi connectivity index (χ2n) is 5.29. The van der Waals surface area contributed by atoms with Crippen molar-refractivity contribution in [3.63, 3.8) is 0 Å². The summed E-state index contributed by atoms with van der Waals surface area (Å²) in [6.07, 6.45) is 1.66. The van der Waals surface area contributed by atoms with E-state index in [1.807, 2.05) is 11.4 Å². The zero-order valence-electron chi connectivity index (χ0n) is 12.3. The van der Waals surface area contributed by atoms with Crippen LogP contribution in [0.15, 0.2) is 29.8 Å². The molecule has 2 rings (SSSR count). The lowest BCUT2D eigenvalue weighted by Crippen LogP contribution is -2.37. The molecule has 0 unspecified atom stereocenters. The lowest BCUT2D eigenvalue weighted by atomic mass is 10.1. The summed E-state index contributed by atoms with van der Waals surface area (Å²) in [7, 11) is 0. The van der Waals surface area contributed by atoms with E-state index in [4.69, 9.17) is 23.2 Å². The van der Waals surface area contributed by atoms with Crippen molar-refractivity contribution >= 4 is 45.7 Å². The monoisotopic (exact) mass is 357 g/mol. The van der Waals surface area contributed by atoms with Crippen LogP contribution < -0.4 is 5.32 Å².